The van der Waals surface area contributed by atoms with Gasteiger partial charge in [0.2, 0.25) is 5.91 Å². The lowest BCUT2D eigenvalue weighted by Gasteiger charge is -2.07. The van der Waals surface area contributed by atoms with Crippen LogP contribution in [-0.2, 0) is 22.6 Å². The number of hydrogen-bond donors (Lipinski definition) is 2. The number of carbonyl (C=O) groups is 1. The average molecular weight is 317 g/mol. The van der Waals surface area contributed by atoms with Crippen LogP contribution in [0, 0.1) is 5.82 Å². The van der Waals surface area contributed by atoms with Gasteiger partial charge in [0.1, 0.15) is 18.2 Å². The van der Waals surface area contributed by atoms with Gasteiger partial charge in [-0.3, -0.25) is 4.79 Å². The molecule has 4 nitrogen and oxygen atoms in total. The molecule has 2 N–H and O–H groups in total. The Balaban J connectivity index is 1.56. The Kier molecular flexibility index (Phi) is 6.56. The maximum absolute atomic E-state index is 12.7. The first-order valence-electron chi connectivity index (χ1n) is 7.50. The minimum atomic E-state index is -0.292. The summed E-state index contributed by atoms with van der Waals surface area (Å²) < 4.78 is 18.0. The first-order valence-corrected chi connectivity index (χ1v) is 7.50. The lowest BCUT2D eigenvalue weighted by molar-refractivity contribution is -0.126. The van der Waals surface area contributed by atoms with E-state index in [2.05, 4.69) is 5.32 Å². The summed E-state index contributed by atoms with van der Waals surface area (Å²) in [5.74, 6) is -0.210. The van der Waals surface area contributed by atoms with E-state index in [-0.39, 0.29) is 30.7 Å². The van der Waals surface area contributed by atoms with Crippen LogP contribution in [0.4, 0.5) is 4.39 Å². The van der Waals surface area contributed by atoms with E-state index in [4.69, 9.17) is 4.74 Å². The molecule has 0 bridgehead atoms. The van der Waals surface area contributed by atoms with Gasteiger partial charge in [-0.1, -0.05) is 24.3 Å². The second-order valence-corrected chi connectivity index (χ2v) is 5.24. The standard InChI is InChI=1S/C18H20FNO3/c19-16-7-3-15(4-8-16)12-23-13-18(22)20-11-1-2-14-5-9-17(21)10-6-14/h3-10,21H,1-2,11-13H2,(H,20,22). The lowest BCUT2D eigenvalue weighted by atomic mass is 10.1. The van der Waals surface area contributed by atoms with Crippen LogP contribution in [0.1, 0.15) is 17.5 Å². The molecule has 0 aliphatic heterocycles. The summed E-state index contributed by atoms with van der Waals surface area (Å²) in [7, 11) is 0. The van der Waals surface area contributed by atoms with E-state index in [1.165, 1.54) is 12.1 Å². The Bertz CT molecular complexity index is 611. The maximum Gasteiger partial charge on any atom is 0.246 e. The van der Waals surface area contributed by atoms with Crippen molar-refractivity contribution in [2.45, 2.75) is 19.4 Å². The molecular formula is C18H20FNO3. The van der Waals surface area contributed by atoms with Crippen molar-refractivity contribution in [3.8, 4) is 5.75 Å². The molecular weight excluding hydrogens is 297 g/mol. The molecule has 2 rings (SSSR count). The number of benzene rings is 2. The number of halogens is 1. The van der Waals surface area contributed by atoms with Gasteiger partial charge in [-0.25, -0.2) is 4.39 Å². The van der Waals surface area contributed by atoms with E-state index in [1.54, 1.807) is 24.3 Å². The molecule has 5 heteroatoms. The maximum atomic E-state index is 12.7. The Morgan fingerprint density at radius 2 is 1.70 bits per heavy atom. The first-order chi connectivity index (χ1) is 11.1. The van der Waals surface area contributed by atoms with Crippen molar-refractivity contribution >= 4 is 5.91 Å². The van der Waals surface area contributed by atoms with E-state index in [9.17, 15) is 14.3 Å². The number of hydrogen-bond acceptors (Lipinski definition) is 3. The van der Waals surface area contributed by atoms with Crippen LogP contribution in [0.3, 0.4) is 0 Å². The van der Waals surface area contributed by atoms with Gasteiger partial charge in [0.15, 0.2) is 0 Å². The van der Waals surface area contributed by atoms with Gasteiger partial charge in [0.05, 0.1) is 6.61 Å². The normalized spacial score (nSPS) is 10.5. The molecule has 0 saturated carbocycles. The molecule has 0 spiro atoms. The molecule has 0 saturated heterocycles. The predicted molar refractivity (Wildman–Crippen MR) is 85.5 cm³/mol. The molecule has 1 amide bonds. The SMILES string of the molecule is O=C(COCc1ccc(F)cc1)NCCCc1ccc(O)cc1. The highest BCUT2D eigenvalue weighted by molar-refractivity contribution is 5.77. The highest BCUT2D eigenvalue weighted by Gasteiger charge is 2.02. The fourth-order valence-electron chi connectivity index (χ4n) is 2.08. The van der Waals surface area contributed by atoms with Gasteiger partial charge >= 0.3 is 0 Å². The molecule has 0 heterocycles. The average Bonchev–Trinajstić information content (AvgIpc) is 2.55. The number of phenolic OH excluding ortho intramolecular Hbond substituents is 1. The number of aryl methyl sites for hydroxylation is 1. The second kappa shape index (κ2) is 8.90. The highest BCUT2D eigenvalue weighted by Crippen LogP contribution is 2.10. The minimum absolute atomic E-state index is 0.0173. The number of nitrogens with one attached hydrogen (secondary N) is 1. The lowest BCUT2D eigenvalue weighted by Crippen LogP contribution is -2.28. The molecule has 122 valence electrons. The zero-order valence-corrected chi connectivity index (χ0v) is 12.8. The van der Waals surface area contributed by atoms with E-state index in [0.717, 1.165) is 24.0 Å². The number of rotatable bonds is 8. The zero-order chi connectivity index (χ0) is 16.5. The third-order valence-electron chi connectivity index (χ3n) is 3.32. The fourth-order valence-corrected chi connectivity index (χ4v) is 2.08. The Morgan fingerprint density at radius 1 is 1.04 bits per heavy atom. The molecule has 0 fully saturated rings. The summed E-state index contributed by atoms with van der Waals surface area (Å²) in [6.07, 6.45) is 1.64. The third kappa shape index (κ3) is 6.48. The zero-order valence-electron chi connectivity index (χ0n) is 12.8. The van der Waals surface area contributed by atoms with Crippen LogP contribution in [0.2, 0.25) is 0 Å². The van der Waals surface area contributed by atoms with Crippen molar-refractivity contribution in [1.29, 1.82) is 0 Å². The number of amides is 1. The van der Waals surface area contributed by atoms with Crippen molar-refractivity contribution in [3.05, 3.63) is 65.5 Å². The highest BCUT2D eigenvalue weighted by atomic mass is 19.1. The summed E-state index contributed by atoms with van der Waals surface area (Å²) in [5, 5.41) is 12.0. The first kappa shape index (κ1) is 17.0. The van der Waals surface area contributed by atoms with Crippen LogP contribution < -0.4 is 5.32 Å². The van der Waals surface area contributed by atoms with Crippen molar-refractivity contribution in [3.63, 3.8) is 0 Å². The van der Waals surface area contributed by atoms with Crippen molar-refractivity contribution in [1.82, 2.24) is 5.32 Å². The van der Waals surface area contributed by atoms with E-state index in [0.29, 0.717) is 6.54 Å². The van der Waals surface area contributed by atoms with Gasteiger partial charge in [-0.2, -0.15) is 0 Å². The van der Waals surface area contributed by atoms with Crippen LogP contribution in [-0.4, -0.2) is 24.2 Å². The van der Waals surface area contributed by atoms with Crippen LogP contribution in [0.25, 0.3) is 0 Å². The summed E-state index contributed by atoms with van der Waals surface area (Å²) in [4.78, 5) is 11.6. The van der Waals surface area contributed by atoms with Gasteiger partial charge in [-0.15, -0.1) is 0 Å². The summed E-state index contributed by atoms with van der Waals surface area (Å²) in [5.41, 5.74) is 1.94. The van der Waals surface area contributed by atoms with Gasteiger partial charge < -0.3 is 15.2 Å². The fraction of sp³-hybridized carbons (Fsp3) is 0.278. The van der Waals surface area contributed by atoms with E-state index >= 15 is 0 Å². The van der Waals surface area contributed by atoms with Crippen molar-refractivity contribution in [2.75, 3.05) is 13.2 Å². The van der Waals surface area contributed by atoms with Crippen LogP contribution in [0.5, 0.6) is 5.75 Å². The van der Waals surface area contributed by atoms with E-state index in [1.807, 2.05) is 12.1 Å². The molecule has 0 unspecified atom stereocenters. The Labute approximate surface area is 134 Å². The molecule has 0 aromatic heterocycles. The third-order valence-corrected chi connectivity index (χ3v) is 3.32. The number of carbonyl (C=O) groups excluding carboxylic acids is 1. The summed E-state index contributed by atoms with van der Waals surface area (Å²) in [6, 6.07) is 13.0. The summed E-state index contributed by atoms with van der Waals surface area (Å²) in [6.45, 7) is 0.831. The molecule has 23 heavy (non-hydrogen) atoms. The number of phenols is 1. The van der Waals surface area contributed by atoms with Gasteiger partial charge in [-0.05, 0) is 48.2 Å². The molecule has 0 aliphatic rings. The Morgan fingerprint density at radius 3 is 2.39 bits per heavy atom. The topological polar surface area (TPSA) is 58.6 Å². The molecule has 0 atom stereocenters. The Hall–Kier alpha value is -2.40. The number of ether oxygens (including phenoxy) is 1. The number of aromatic hydroxyl groups is 1. The summed E-state index contributed by atoms with van der Waals surface area (Å²) >= 11 is 0. The predicted octanol–water partition coefficient (Wildman–Crippen LogP) is 2.80. The molecule has 2 aromatic carbocycles. The largest absolute Gasteiger partial charge is 0.508 e. The smallest absolute Gasteiger partial charge is 0.246 e. The second-order valence-electron chi connectivity index (χ2n) is 5.24. The molecule has 0 radical (unpaired) electrons. The van der Waals surface area contributed by atoms with Gasteiger partial charge in [0.25, 0.3) is 0 Å². The quantitative estimate of drug-likeness (QED) is 0.736. The van der Waals surface area contributed by atoms with E-state index < -0.39 is 0 Å². The molecule has 2 aromatic rings. The minimum Gasteiger partial charge on any atom is -0.508 e. The van der Waals surface area contributed by atoms with Gasteiger partial charge in [0, 0.05) is 6.54 Å². The van der Waals surface area contributed by atoms with Crippen molar-refractivity contribution in [2.24, 2.45) is 0 Å². The van der Waals surface area contributed by atoms with Crippen LogP contribution in [0.15, 0.2) is 48.5 Å². The van der Waals surface area contributed by atoms with Crippen LogP contribution >= 0.6 is 0 Å². The molecule has 0 aliphatic carbocycles. The van der Waals surface area contributed by atoms with Crippen molar-refractivity contribution < 1.29 is 19.0 Å². The monoisotopic (exact) mass is 317 g/mol.